The van der Waals surface area contributed by atoms with Gasteiger partial charge in [0.2, 0.25) is 5.91 Å². The first-order valence-electron chi connectivity index (χ1n) is 9.51. The van der Waals surface area contributed by atoms with Crippen LogP contribution < -0.4 is 5.32 Å². The lowest BCUT2D eigenvalue weighted by atomic mass is 9.95. The van der Waals surface area contributed by atoms with E-state index in [1.54, 1.807) is 43.3 Å². The summed E-state index contributed by atoms with van der Waals surface area (Å²) < 4.78 is 25.2. The van der Waals surface area contributed by atoms with Gasteiger partial charge in [0.15, 0.2) is 5.82 Å². The molecular formula is C23H18Cl2FNO5. The number of ether oxygens (including phenoxy) is 2. The van der Waals surface area contributed by atoms with Crippen molar-refractivity contribution in [1.29, 1.82) is 0 Å². The molecule has 3 rings (SSSR count). The third kappa shape index (κ3) is 4.69. The number of rotatable bonds is 6. The summed E-state index contributed by atoms with van der Waals surface area (Å²) in [4.78, 5) is 36.2. The number of esters is 2. The second kappa shape index (κ2) is 9.97. The maximum atomic E-state index is 15.8. The molecule has 0 bridgehead atoms. The first-order chi connectivity index (χ1) is 15.3. The molecule has 166 valence electrons. The van der Waals surface area contributed by atoms with Crippen LogP contribution in [0.3, 0.4) is 0 Å². The molecule has 0 spiro atoms. The highest BCUT2D eigenvalue weighted by Gasteiger charge is 2.26. The highest BCUT2D eigenvalue weighted by molar-refractivity contribution is 6.38. The summed E-state index contributed by atoms with van der Waals surface area (Å²) in [6, 6.07) is 11.6. The Morgan fingerprint density at radius 1 is 1.06 bits per heavy atom. The SMILES string of the molecule is CCOC(=O)CC(=O)Nc1c(C(=O)OC)cc(Cl)c(-c2cccc3cccc(Cl)c23)c1F. The van der Waals surface area contributed by atoms with Gasteiger partial charge in [0, 0.05) is 16.0 Å². The summed E-state index contributed by atoms with van der Waals surface area (Å²) in [5.74, 6) is -3.54. The van der Waals surface area contributed by atoms with Gasteiger partial charge < -0.3 is 14.8 Å². The number of hydrogen-bond acceptors (Lipinski definition) is 5. The first kappa shape index (κ1) is 23.5. The molecule has 0 aliphatic rings. The number of fused-ring (bicyclic) bond motifs is 1. The first-order valence-corrected chi connectivity index (χ1v) is 10.3. The summed E-state index contributed by atoms with van der Waals surface area (Å²) in [5.41, 5.74) is -0.464. The fourth-order valence-electron chi connectivity index (χ4n) is 3.29. The smallest absolute Gasteiger partial charge is 0.340 e. The molecule has 0 unspecified atom stereocenters. The Kier molecular flexibility index (Phi) is 7.33. The number of nitrogens with one attached hydrogen (secondary N) is 1. The highest BCUT2D eigenvalue weighted by atomic mass is 35.5. The Hall–Kier alpha value is -3.16. The third-order valence-corrected chi connectivity index (χ3v) is 5.23. The molecule has 1 N–H and O–H groups in total. The maximum Gasteiger partial charge on any atom is 0.340 e. The number of amides is 1. The minimum absolute atomic E-state index is 0.0653. The number of hydrogen-bond donors (Lipinski definition) is 1. The Morgan fingerprint density at radius 2 is 1.75 bits per heavy atom. The third-order valence-electron chi connectivity index (χ3n) is 4.62. The largest absolute Gasteiger partial charge is 0.466 e. The van der Waals surface area contributed by atoms with E-state index in [2.05, 4.69) is 5.32 Å². The predicted molar refractivity (Wildman–Crippen MR) is 121 cm³/mol. The van der Waals surface area contributed by atoms with Crippen LogP contribution in [0.1, 0.15) is 23.7 Å². The van der Waals surface area contributed by atoms with Crippen molar-refractivity contribution >= 4 is 57.5 Å². The highest BCUT2D eigenvalue weighted by Crippen LogP contribution is 2.42. The molecule has 0 aliphatic carbocycles. The molecule has 1 amide bonds. The van der Waals surface area contributed by atoms with E-state index in [4.69, 9.17) is 32.7 Å². The van der Waals surface area contributed by atoms with Crippen molar-refractivity contribution in [2.24, 2.45) is 0 Å². The quantitative estimate of drug-likeness (QED) is 0.367. The van der Waals surface area contributed by atoms with Crippen molar-refractivity contribution in [2.75, 3.05) is 19.0 Å². The van der Waals surface area contributed by atoms with Crippen LogP contribution in [0.2, 0.25) is 10.0 Å². The van der Waals surface area contributed by atoms with E-state index in [-0.39, 0.29) is 22.8 Å². The number of carbonyl (C=O) groups excluding carboxylic acids is 3. The second-order valence-corrected chi connectivity index (χ2v) is 7.45. The lowest BCUT2D eigenvalue weighted by molar-refractivity contribution is -0.145. The van der Waals surface area contributed by atoms with Gasteiger partial charge in [-0.1, -0.05) is 53.5 Å². The van der Waals surface area contributed by atoms with E-state index in [1.807, 2.05) is 0 Å². The van der Waals surface area contributed by atoms with Gasteiger partial charge in [0.05, 0.1) is 30.0 Å². The number of anilines is 1. The maximum absolute atomic E-state index is 15.8. The molecule has 0 aromatic heterocycles. The van der Waals surface area contributed by atoms with Gasteiger partial charge in [-0.3, -0.25) is 9.59 Å². The van der Waals surface area contributed by atoms with Crippen LogP contribution in [0, 0.1) is 5.82 Å². The van der Waals surface area contributed by atoms with Crippen molar-refractivity contribution < 1.29 is 28.2 Å². The summed E-state index contributed by atoms with van der Waals surface area (Å²) in [5, 5.41) is 3.86. The number of carbonyl (C=O) groups is 3. The van der Waals surface area contributed by atoms with Crippen LogP contribution in [0.5, 0.6) is 0 Å². The van der Waals surface area contributed by atoms with Gasteiger partial charge in [-0.2, -0.15) is 0 Å². The summed E-state index contributed by atoms with van der Waals surface area (Å²) in [6.45, 7) is 1.67. The van der Waals surface area contributed by atoms with Crippen molar-refractivity contribution in [2.45, 2.75) is 13.3 Å². The van der Waals surface area contributed by atoms with E-state index in [0.29, 0.717) is 16.0 Å². The van der Waals surface area contributed by atoms with Crippen molar-refractivity contribution in [3.05, 3.63) is 63.9 Å². The van der Waals surface area contributed by atoms with E-state index in [0.717, 1.165) is 12.5 Å². The number of methoxy groups -OCH3 is 1. The van der Waals surface area contributed by atoms with Crippen molar-refractivity contribution in [3.63, 3.8) is 0 Å². The molecular weight excluding hydrogens is 460 g/mol. The van der Waals surface area contributed by atoms with Crippen LogP contribution >= 0.6 is 23.2 Å². The Labute approximate surface area is 193 Å². The van der Waals surface area contributed by atoms with Gasteiger partial charge in [-0.05, 0) is 30.0 Å². The Balaban J connectivity index is 2.20. The number of halogens is 3. The van der Waals surface area contributed by atoms with Gasteiger partial charge >= 0.3 is 11.9 Å². The van der Waals surface area contributed by atoms with Crippen molar-refractivity contribution in [3.8, 4) is 11.1 Å². The molecule has 0 saturated carbocycles. The van der Waals surface area contributed by atoms with E-state index < -0.39 is 35.8 Å². The van der Waals surface area contributed by atoms with Gasteiger partial charge in [-0.25, -0.2) is 9.18 Å². The molecule has 0 saturated heterocycles. The zero-order valence-electron chi connectivity index (χ0n) is 17.1. The average Bonchev–Trinajstić information content (AvgIpc) is 2.75. The van der Waals surface area contributed by atoms with Crippen LogP contribution in [0.4, 0.5) is 10.1 Å². The molecule has 3 aromatic rings. The second-order valence-electron chi connectivity index (χ2n) is 6.64. The zero-order chi connectivity index (χ0) is 23.4. The van der Waals surface area contributed by atoms with E-state index in [9.17, 15) is 14.4 Å². The zero-order valence-corrected chi connectivity index (χ0v) is 18.6. The minimum atomic E-state index is -0.970. The lowest BCUT2D eigenvalue weighted by Crippen LogP contribution is -2.21. The molecule has 0 atom stereocenters. The Bertz CT molecular complexity index is 1220. The average molecular weight is 478 g/mol. The standard InChI is InChI=1S/C23H18Cl2FNO5/c1-3-32-18(29)11-17(28)27-22-14(23(30)31-2)10-16(25)20(21(22)26)13-8-4-6-12-7-5-9-15(24)19(12)13/h4-10H,3,11H2,1-2H3,(H,27,28). The summed E-state index contributed by atoms with van der Waals surface area (Å²) in [6.07, 6.45) is -0.661. The van der Waals surface area contributed by atoms with Crippen LogP contribution in [0.25, 0.3) is 21.9 Å². The summed E-state index contributed by atoms with van der Waals surface area (Å²) in [7, 11) is 1.11. The Morgan fingerprint density at radius 3 is 2.41 bits per heavy atom. The van der Waals surface area contributed by atoms with Crippen LogP contribution in [0.15, 0.2) is 42.5 Å². The molecule has 3 aromatic carbocycles. The molecule has 0 heterocycles. The fraction of sp³-hybridized carbons (Fsp3) is 0.174. The van der Waals surface area contributed by atoms with Gasteiger partial charge in [0.25, 0.3) is 0 Å². The van der Waals surface area contributed by atoms with E-state index in [1.165, 1.54) is 6.07 Å². The molecule has 6 nitrogen and oxygen atoms in total. The van der Waals surface area contributed by atoms with Gasteiger partial charge in [-0.15, -0.1) is 0 Å². The molecule has 9 heteroatoms. The van der Waals surface area contributed by atoms with Crippen molar-refractivity contribution in [1.82, 2.24) is 0 Å². The summed E-state index contributed by atoms with van der Waals surface area (Å²) >= 11 is 12.8. The predicted octanol–water partition coefficient (Wildman–Crippen LogP) is 5.63. The monoisotopic (exact) mass is 477 g/mol. The van der Waals surface area contributed by atoms with Crippen LogP contribution in [-0.4, -0.2) is 31.6 Å². The molecule has 0 fully saturated rings. The van der Waals surface area contributed by atoms with Crippen LogP contribution in [-0.2, 0) is 19.1 Å². The minimum Gasteiger partial charge on any atom is -0.466 e. The molecule has 0 radical (unpaired) electrons. The van der Waals surface area contributed by atoms with E-state index >= 15 is 4.39 Å². The molecule has 0 aliphatic heterocycles. The number of benzene rings is 3. The topological polar surface area (TPSA) is 81.7 Å². The fourth-order valence-corrected chi connectivity index (χ4v) is 3.87. The van der Waals surface area contributed by atoms with Gasteiger partial charge in [0.1, 0.15) is 6.42 Å². The molecule has 32 heavy (non-hydrogen) atoms. The normalized spacial score (nSPS) is 10.7. The lowest BCUT2D eigenvalue weighted by Gasteiger charge is -2.17.